The van der Waals surface area contributed by atoms with Crippen molar-refractivity contribution in [1.82, 2.24) is 9.80 Å². The molecule has 0 radical (unpaired) electrons. The summed E-state index contributed by atoms with van der Waals surface area (Å²) in [6.45, 7) is 14.1. The van der Waals surface area contributed by atoms with E-state index in [1.54, 1.807) is 9.80 Å². The molecule has 1 aliphatic heterocycles. The highest BCUT2D eigenvalue weighted by atomic mass is 16.7. The van der Waals surface area contributed by atoms with Gasteiger partial charge >= 0.3 is 0 Å². The predicted octanol–water partition coefficient (Wildman–Crippen LogP) is 2.32. The SMILES string of the molecule is CCN(CC)C(=O)C(CCOCCOCCOCCOC1CCCCO1)C(=O)N(CC)CC. The van der Waals surface area contributed by atoms with Crippen molar-refractivity contribution in [1.29, 1.82) is 0 Å². The van der Waals surface area contributed by atoms with Gasteiger partial charge < -0.3 is 33.5 Å². The number of carbonyl (C=O) groups excluding carboxylic acids is 2. The quantitative estimate of drug-likeness (QED) is 0.210. The van der Waals surface area contributed by atoms with Crippen LogP contribution in [-0.2, 0) is 33.3 Å². The molecule has 9 heteroatoms. The first-order valence-corrected chi connectivity index (χ1v) is 12.6. The van der Waals surface area contributed by atoms with Crippen LogP contribution in [0.2, 0.25) is 0 Å². The van der Waals surface area contributed by atoms with Gasteiger partial charge in [-0.15, -0.1) is 0 Å². The minimum atomic E-state index is -0.694. The van der Waals surface area contributed by atoms with Gasteiger partial charge in [0, 0.05) is 39.4 Å². The lowest BCUT2D eigenvalue weighted by Crippen LogP contribution is -2.45. The van der Waals surface area contributed by atoms with Crippen molar-refractivity contribution in [3.63, 3.8) is 0 Å². The summed E-state index contributed by atoms with van der Waals surface area (Å²) in [6.07, 6.45) is 3.51. The Balaban J connectivity index is 2.15. The molecule has 0 saturated carbocycles. The third-order valence-corrected chi connectivity index (χ3v) is 5.71. The van der Waals surface area contributed by atoms with Gasteiger partial charge in [0.05, 0.1) is 39.6 Å². The molecule has 194 valence electrons. The summed E-state index contributed by atoms with van der Waals surface area (Å²) in [7, 11) is 0. The topological polar surface area (TPSA) is 86.8 Å². The van der Waals surface area contributed by atoms with Gasteiger partial charge in [0.1, 0.15) is 5.92 Å². The van der Waals surface area contributed by atoms with E-state index in [2.05, 4.69) is 0 Å². The molecule has 0 aromatic rings. The van der Waals surface area contributed by atoms with Crippen LogP contribution in [0.15, 0.2) is 0 Å². The zero-order valence-corrected chi connectivity index (χ0v) is 21.2. The van der Waals surface area contributed by atoms with Gasteiger partial charge in [0.25, 0.3) is 0 Å². The van der Waals surface area contributed by atoms with Crippen molar-refractivity contribution >= 4 is 11.8 Å². The van der Waals surface area contributed by atoms with Crippen molar-refractivity contribution in [2.24, 2.45) is 5.92 Å². The Morgan fingerprint density at radius 1 is 0.758 bits per heavy atom. The van der Waals surface area contributed by atoms with Crippen LogP contribution in [0.5, 0.6) is 0 Å². The Morgan fingerprint density at radius 3 is 1.70 bits per heavy atom. The predicted molar refractivity (Wildman–Crippen MR) is 126 cm³/mol. The molecule has 0 spiro atoms. The number of carbonyl (C=O) groups is 2. The maximum Gasteiger partial charge on any atom is 0.235 e. The molecule has 1 aliphatic rings. The van der Waals surface area contributed by atoms with E-state index < -0.39 is 5.92 Å². The smallest absolute Gasteiger partial charge is 0.235 e. The first-order chi connectivity index (χ1) is 16.1. The molecular formula is C24H46N2O7. The average Bonchev–Trinajstić information content (AvgIpc) is 2.84. The van der Waals surface area contributed by atoms with E-state index in [4.69, 9.17) is 23.7 Å². The van der Waals surface area contributed by atoms with Crippen molar-refractivity contribution in [2.45, 2.75) is 59.7 Å². The van der Waals surface area contributed by atoms with E-state index in [0.29, 0.717) is 78.8 Å². The van der Waals surface area contributed by atoms with E-state index in [9.17, 15) is 9.59 Å². The van der Waals surface area contributed by atoms with E-state index in [0.717, 1.165) is 25.9 Å². The number of nitrogens with zero attached hydrogens (tertiary/aromatic N) is 2. The first kappa shape index (κ1) is 29.8. The minimum Gasteiger partial charge on any atom is -0.379 e. The molecule has 0 aliphatic carbocycles. The molecule has 0 bridgehead atoms. The van der Waals surface area contributed by atoms with Crippen molar-refractivity contribution in [3.8, 4) is 0 Å². The van der Waals surface area contributed by atoms with Gasteiger partial charge in [0.2, 0.25) is 11.8 Å². The van der Waals surface area contributed by atoms with Gasteiger partial charge in [0.15, 0.2) is 6.29 Å². The summed E-state index contributed by atoms with van der Waals surface area (Å²) in [5, 5.41) is 0. The highest BCUT2D eigenvalue weighted by molar-refractivity contribution is 6.00. The molecule has 1 fully saturated rings. The summed E-state index contributed by atoms with van der Waals surface area (Å²) in [6, 6.07) is 0. The normalized spacial score (nSPS) is 16.2. The molecule has 1 saturated heterocycles. The molecule has 0 aromatic carbocycles. The summed E-state index contributed by atoms with van der Waals surface area (Å²) in [5.74, 6) is -0.929. The molecule has 1 atom stereocenters. The van der Waals surface area contributed by atoms with Crippen LogP contribution in [0.25, 0.3) is 0 Å². The fourth-order valence-electron chi connectivity index (χ4n) is 3.69. The van der Waals surface area contributed by atoms with Crippen LogP contribution >= 0.6 is 0 Å². The van der Waals surface area contributed by atoms with Crippen LogP contribution in [-0.4, -0.2) is 107 Å². The monoisotopic (exact) mass is 474 g/mol. The van der Waals surface area contributed by atoms with Crippen molar-refractivity contribution in [2.75, 3.05) is 79.0 Å². The van der Waals surface area contributed by atoms with Crippen LogP contribution < -0.4 is 0 Å². The zero-order valence-electron chi connectivity index (χ0n) is 21.2. The number of hydrogen-bond donors (Lipinski definition) is 0. The van der Waals surface area contributed by atoms with E-state index in [1.807, 2.05) is 27.7 Å². The Hall–Kier alpha value is -1.26. The van der Waals surface area contributed by atoms with Crippen LogP contribution in [0, 0.1) is 5.92 Å². The lowest BCUT2D eigenvalue weighted by molar-refractivity contribution is -0.169. The number of hydrogen-bond acceptors (Lipinski definition) is 7. The molecule has 0 N–H and O–H groups in total. The Labute approximate surface area is 200 Å². The third-order valence-electron chi connectivity index (χ3n) is 5.71. The summed E-state index contributed by atoms with van der Waals surface area (Å²) in [4.78, 5) is 29.1. The maximum atomic E-state index is 12.9. The van der Waals surface area contributed by atoms with E-state index >= 15 is 0 Å². The van der Waals surface area contributed by atoms with Crippen LogP contribution in [0.1, 0.15) is 53.4 Å². The van der Waals surface area contributed by atoms with Gasteiger partial charge in [-0.3, -0.25) is 9.59 Å². The fraction of sp³-hybridized carbons (Fsp3) is 0.917. The second kappa shape index (κ2) is 19.1. The van der Waals surface area contributed by atoms with Crippen LogP contribution in [0.3, 0.4) is 0 Å². The van der Waals surface area contributed by atoms with Gasteiger partial charge in [-0.25, -0.2) is 0 Å². The Bertz CT molecular complexity index is 483. The number of ether oxygens (including phenoxy) is 5. The Morgan fingerprint density at radius 2 is 1.24 bits per heavy atom. The highest BCUT2D eigenvalue weighted by Crippen LogP contribution is 2.14. The fourth-order valence-corrected chi connectivity index (χ4v) is 3.69. The average molecular weight is 475 g/mol. The van der Waals surface area contributed by atoms with E-state index in [-0.39, 0.29) is 18.1 Å². The third kappa shape index (κ3) is 12.1. The minimum absolute atomic E-state index is 0.0834. The molecule has 33 heavy (non-hydrogen) atoms. The Kier molecular flexibility index (Phi) is 17.2. The van der Waals surface area contributed by atoms with Crippen molar-refractivity contribution in [3.05, 3.63) is 0 Å². The number of amides is 2. The summed E-state index contributed by atoms with van der Waals surface area (Å²) < 4.78 is 27.7. The van der Waals surface area contributed by atoms with Gasteiger partial charge in [-0.2, -0.15) is 0 Å². The van der Waals surface area contributed by atoms with Crippen molar-refractivity contribution < 1.29 is 33.3 Å². The lowest BCUT2D eigenvalue weighted by atomic mass is 10.0. The second-order valence-corrected chi connectivity index (χ2v) is 7.87. The largest absolute Gasteiger partial charge is 0.379 e. The maximum absolute atomic E-state index is 12.9. The second-order valence-electron chi connectivity index (χ2n) is 7.87. The molecule has 2 amide bonds. The molecule has 1 unspecified atom stereocenters. The summed E-state index contributed by atoms with van der Waals surface area (Å²) in [5.41, 5.74) is 0. The molecule has 9 nitrogen and oxygen atoms in total. The molecule has 1 rings (SSSR count). The van der Waals surface area contributed by atoms with E-state index in [1.165, 1.54) is 0 Å². The lowest BCUT2D eigenvalue weighted by Gasteiger charge is -2.28. The van der Waals surface area contributed by atoms with Gasteiger partial charge in [-0.05, 0) is 53.4 Å². The van der Waals surface area contributed by atoms with Gasteiger partial charge in [-0.1, -0.05) is 0 Å². The summed E-state index contributed by atoms with van der Waals surface area (Å²) >= 11 is 0. The van der Waals surface area contributed by atoms with Crippen LogP contribution in [0.4, 0.5) is 0 Å². The molecule has 1 heterocycles. The highest BCUT2D eigenvalue weighted by Gasteiger charge is 2.31. The zero-order chi connectivity index (χ0) is 24.3. The first-order valence-electron chi connectivity index (χ1n) is 12.6. The molecular weight excluding hydrogens is 428 g/mol. The molecule has 0 aromatic heterocycles. The number of rotatable bonds is 19. The standard InChI is InChI=1S/C24H46N2O7/c1-5-25(6-2)23(27)21(24(28)26(7-3)8-4)12-14-29-15-16-30-17-18-31-19-20-33-22-11-9-10-13-32-22/h21-22H,5-20H2,1-4H3.